The molecule has 0 saturated carbocycles. The van der Waals surface area contributed by atoms with Crippen LogP contribution >= 0.6 is 11.3 Å². The van der Waals surface area contributed by atoms with Gasteiger partial charge in [-0.3, -0.25) is 4.79 Å². The first kappa shape index (κ1) is 14.8. The zero-order valence-corrected chi connectivity index (χ0v) is 13.1. The highest BCUT2D eigenvalue weighted by Gasteiger charge is 2.31. The number of carboxylic acids is 1. The molecule has 0 aliphatic heterocycles. The lowest BCUT2D eigenvalue weighted by molar-refractivity contribution is 0.0640. The zero-order chi connectivity index (χ0) is 15.9. The number of fused-ring (bicyclic) bond motifs is 1. The van der Waals surface area contributed by atoms with Gasteiger partial charge in [-0.25, -0.2) is 9.78 Å². The van der Waals surface area contributed by atoms with Gasteiger partial charge >= 0.3 is 5.97 Å². The third-order valence-electron chi connectivity index (χ3n) is 3.84. The van der Waals surface area contributed by atoms with E-state index in [1.807, 2.05) is 6.92 Å². The maximum Gasteiger partial charge on any atom is 0.371 e. The zero-order valence-electron chi connectivity index (χ0n) is 12.3. The van der Waals surface area contributed by atoms with E-state index in [1.165, 1.54) is 12.1 Å². The summed E-state index contributed by atoms with van der Waals surface area (Å²) in [6.07, 6.45) is 2.81. The van der Waals surface area contributed by atoms with Gasteiger partial charge in [0.2, 0.25) is 5.76 Å². The van der Waals surface area contributed by atoms with Crippen molar-refractivity contribution in [2.75, 3.05) is 7.05 Å². The molecule has 1 aliphatic carbocycles. The molecule has 0 fully saturated rings. The van der Waals surface area contributed by atoms with Crippen LogP contribution in [0.15, 0.2) is 16.5 Å². The highest BCUT2D eigenvalue weighted by atomic mass is 32.1. The Hall–Kier alpha value is -2.15. The lowest BCUT2D eigenvalue weighted by Crippen LogP contribution is -2.32. The van der Waals surface area contributed by atoms with Crippen LogP contribution in [0.2, 0.25) is 0 Å². The Morgan fingerprint density at radius 3 is 2.82 bits per heavy atom. The van der Waals surface area contributed by atoms with E-state index in [0.717, 1.165) is 34.8 Å². The van der Waals surface area contributed by atoms with Crippen LogP contribution in [0.1, 0.15) is 55.6 Å². The molecule has 3 rings (SSSR count). The van der Waals surface area contributed by atoms with Gasteiger partial charge in [0.1, 0.15) is 0 Å². The Kier molecular flexibility index (Phi) is 3.74. The van der Waals surface area contributed by atoms with Crippen LogP contribution in [-0.4, -0.2) is 33.9 Å². The van der Waals surface area contributed by atoms with Gasteiger partial charge in [-0.1, -0.05) is 0 Å². The van der Waals surface area contributed by atoms with E-state index >= 15 is 0 Å². The van der Waals surface area contributed by atoms with Crippen molar-refractivity contribution in [1.29, 1.82) is 0 Å². The first-order chi connectivity index (χ1) is 10.5. The maximum absolute atomic E-state index is 12.5. The highest BCUT2D eigenvalue weighted by molar-refractivity contribution is 7.11. The number of hydrogen-bond donors (Lipinski definition) is 1. The molecule has 1 amide bonds. The molecule has 1 atom stereocenters. The number of furan rings is 1. The van der Waals surface area contributed by atoms with Gasteiger partial charge in [0.05, 0.1) is 21.6 Å². The normalized spacial score (nSPS) is 17.1. The molecular weight excluding hydrogens is 304 g/mol. The predicted octanol–water partition coefficient (Wildman–Crippen LogP) is 2.89. The van der Waals surface area contributed by atoms with E-state index in [9.17, 15) is 9.59 Å². The number of hydrogen-bond acceptors (Lipinski definition) is 5. The Bertz CT molecular complexity index is 734. The van der Waals surface area contributed by atoms with E-state index in [4.69, 9.17) is 9.52 Å². The van der Waals surface area contributed by atoms with Crippen molar-refractivity contribution in [3.8, 4) is 0 Å². The van der Waals surface area contributed by atoms with Crippen molar-refractivity contribution in [3.05, 3.63) is 39.2 Å². The second-order valence-electron chi connectivity index (χ2n) is 5.34. The van der Waals surface area contributed by atoms with Gasteiger partial charge in [-0.05, 0) is 38.3 Å². The molecule has 22 heavy (non-hydrogen) atoms. The van der Waals surface area contributed by atoms with Crippen molar-refractivity contribution in [2.45, 2.75) is 32.2 Å². The standard InChI is InChI=1S/C15H16N2O4S/c1-8-16-9-4-3-5-10(13(9)22-8)17(2)14(18)11-6-7-12(21-11)15(19)20/h6-7,10H,3-5H2,1-2H3,(H,19,20). The van der Waals surface area contributed by atoms with Gasteiger partial charge in [0, 0.05) is 7.05 Å². The largest absolute Gasteiger partial charge is 0.475 e. The minimum atomic E-state index is -1.18. The van der Waals surface area contributed by atoms with Crippen LogP contribution in [-0.2, 0) is 6.42 Å². The number of thiazole rings is 1. The molecule has 0 radical (unpaired) electrons. The number of nitrogens with zero attached hydrogens (tertiary/aromatic N) is 2. The van der Waals surface area contributed by atoms with Crippen LogP contribution < -0.4 is 0 Å². The van der Waals surface area contributed by atoms with Crippen LogP contribution in [0.25, 0.3) is 0 Å². The molecule has 2 aromatic rings. The fourth-order valence-corrected chi connectivity index (χ4v) is 3.92. The fourth-order valence-electron chi connectivity index (χ4n) is 2.77. The summed E-state index contributed by atoms with van der Waals surface area (Å²) < 4.78 is 5.11. The number of aromatic nitrogens is 1. The number of aromatic carboxylic acids is 1. The van der Waals surface area contributed by atoms with Gasteiger partial charge < -0.3 is 14.4 Å². The third kappa shape index (κ3) is 2.52. The van der Waals surface area contributed by atoms with Gasteiger partial charge in [-0.15, -0.1) is 11.3 Å². The van der Waals surface area contributed by atoms with E-state index in [1.54, 1.807) is 23.3 Å². The molecule has 2 heterocycles. The van der Waals surface area contributed by atoms with Crippen LogP contribution in [0.3, 0.4) is 0 Å². The van der Waals surface area contributed by atoms with E-state index < -0.39 is 5.97 Å². The number of amides is 1. The summed E-state index contributed by atoms with van der Waals surface area (Å²) in [5, 5.41) is 9.88. The van der Waals surface area contributed by atoms with Crippen molar-refractivity contribution in [1.82, 2.24) is 9.88 Å². The molecule has 0 bridgehead atoms. The number of aryl methyl sites for hydroxylation is 2. The molecule has 0 saturated heterocycles. The second-order valence-corrected chi connectivity index (χ2v) is 6.57. The molecule has 7 heteroatoms. The molecule has 1 N–H and O–H groups in total. The summed E-state index contributed by atoms with van der Waals surface area (Å²) >= 11 is 1.62. The molecule has 0 spiro atoms. The summed E-state index contributed by atoms with van der Waals surface area (Å²) in [6, 6.07) is 2.68. The fraction of sp³-hybridized carbons (Fsp3) is 0.400. The van der Waals surface area contributed by atoms with Crippen LogP contribution in [0.5, 0.6) is 0 Å². The summed E-state index contributed by atoms with van der Waals surface area (Å²) in [7, 11) is 1.72. The van der Waals surface area contributed by atoms with Crippen molar-refractivity contribution >= 4 is 23.2 Å². The first-order valence-corrected chi connectivity index (χ1v) is 7.85. The minimum absolute atomic E-state index is 0.0270. The monoisotopic (exact) mass is 320 g/mol. The van der Waals surface area contributed by atoms with Crippen LogP contribution in [0, 0.1) is 6.92 Å². The third-order valence-corrected chi connectivity index (χ3v) is 4.96. The van der Waals surface area contributed by atoms with Crippen LogP contribution in [0.4, 0.5) is 0 Å². The molecule has 2 aromatic heterocycles. The number of rotatable bonds is 3. The van der Waals surface area contributed by atoms with Crippen molar-refractivity contribution in [3.63, 3.8) is 0 Å². The summed E-state index contributed by atoms with van der Waals surface area (Å²) in [4.78, 5) is 30.6. The minimum Gasteiger partial charge on any atom is -0.475 e. The summed E-state index contributed by atoms with van der Waals surface area (Å²) in [5.41, 5.74) is 1.07. The maximum atomic E-state index is 12.5. The smallest absolute Gasteiger partial charge is 0.371 e. The summed E-state index contributed by atoms with van der Waals surface area (Å²) in [5.74, 6) is -1.67. The average molecular weight is 320 g/mol. The molecule has 0 aromatic carbocycles. The predicted molar refractivity (Wildman–Crippen MR) is 80.3 cm³/mol. The van der Waals surface area contributed by atoms with Crippen molar-refractivity contribution in [2.24, 2.45) is 0 Å². The van der Waals surface area contributed by atoms with Gasteiger partial charge in [-0.2, -0.15) is 0 Å². The van der Waals surface area contributed by atoms with Gasteiger partial charge in [0.15, 0.2) is 5.76 Å². The number of carboxylic acid groups (broad SMARTS) is 1. The molecule has 1 unspecified atom stereocenters. The Labute approximate surface area is 131 Å². The number of carbonyl (C=O) groups excluding carboxylic acids is 1. The van der Waals surface area contributed by atoms with E-state index in [-0.39, 0.29) is 23.5 Å². The van der Waals surface area contributed by atoms with E-state index in [0.29, 0.717) is 0 Å². The molecule has 116 valence electrons. The Balaban J connectivity index is 1.85. The first-order valence-electron chi connectivity index (χ1n) is 7.04. The van der Waals surface area contributed by atoms with Crippen molar-refractivity contribution < 1.29 is 19.1 Å². The highest BCUT2D eigenvalue weighted by Crippen LogP contribution is 2.37. The van der Waals surface area contributed by atoms with E-state index in [2.05, 4.69) is 4.98 Å². The Morgan fingerprint density at radius 2 is 2.14 bits per heavy atom. The topological polar surface area (TPSA) is 83.6 Å². The molecule has 1 aliphatic rings. The molecule has 6 nitrogen and oxygen atoms in total. The summed E-state index contributed by atoms with van der Waals surface area (Å²) in [6.45, 7) is 1.97. The molecular formula is C15H16N2O4S. The Morgan fingerprint density at radius 1 is 1.41 bits per heavy atom. The lowest BCUT2D eigenvalue weighted by Gasteiger charge is -2.30. The second kappa shape index (κ2) is 5.57. The average Bonchev–Trinajstić information content (AvgIpc) is 3.10. The SMILES string of the molecule is Cc1nc2c(s1)C(N(C)C(=O)c1ccc(C(=O)O)o1)CCC2. The lowest BCUT2D eigenvalue weighted by atomic mass is 9.97. The quantitative estimate of drug-likeness (QED) is 0.940. The van der Waals surface area contributed by atoms with Gasteiger partial charge in [0.25, 0.3) is 5.91 Å². The number of carbonyl (C=O) groups is 2.